The van der Waals surface area contributed by atoms with Crippen molar-refractivity contribution < 1.29 is 4.42 Å². The number of rotatable bonds is 6. The number of H-pyrrole nitrogens is 1. The van der Waals surface area contributed by atoms with E-state index in [-0.39, 0.29) is 17.0 Å². The maximum atomic E-state index is 13.6. The lowest BCUT2D eigenvalue weighted by Crippen LogP contribution is -2.18. The molecule has 3 aromatic heterocycles. The summed E-state index contributed by atoms with van der Waals surface area (Å²) in [7, 11) is 0. The van der Waals surface area contributed by atoms with Gasteiger partial charge in [-0.1, -0.05) is 54.6 Å². The van der Waals surface area contributed by atoms with Crippen LogP contribution in [0.5, 0.6) is 0 Å². The molecular formula is C29H23N7O2. The van der Waals surface area contributed by atoms with Crippen LogP contribution in [0.1, 0.15) is 29.9 Å². The van der Waals surface area contributed by atoms with E-state index in [2.05, 4.69) is 25.5 Å². The molecule has 1 atom stereocenters. The Labute approximate surface area is 216 Å². The maximum Gasteiger partial charge on any atom is 0.200 e. The van der Waals surface area contributed by atoms with E-state index in [0.717, 1.165) is 16.5 Å². The number of nitrogen functional groups attached to an aromatic ring is 1. The van der Waals surface area contributed by atoms with Gasteiger partial charge in [0.25, 0.3) is 0 Å². The van der Waals surface area contributed by atoms with Crippen LogP contribution in [-0.2, 0) is 0 Å². The van der Waals surface area contributed by atoms with Crippen LogP contribution in [0.2, 0.25) is 0 Å². The van der Waals surface area contributed by atoms with Gasteiger partial charge in [0, 0.05) is 10.9 Å². The van der Waals surface area contributed by atoms with E-state index < -0.39 is 6.04 Å². The first-order valence-corrected chi connectivity index (χ1v) is 12.0. The molecule has 0 saturated heterocycles. The van der Waals surface area contributed by atoms with E-state index >= 15 is 0 Å². The van der Waals surface area contributed by atoms with Crippen molar-refractivity contribution in [2.45, 2.75) is 13.0 Å². The summed E-state index contributed by atoms with van der Waals surface area (Å²) in [6.45, 7) is 1.88. The smallest absolute Gasteiger partial charge is 0.200 e. The van der Waals surface area contributed by atoms with E-state index in [4.69, 9.17) is 15.6 Å². The molecule has 3 heterocycles. The summed E-state index contributed by atoms with van der Waals surface area (Å²) >= 11 is 0. The Morgan fingerprint density at radius 3 is 2.68 bits per heavy atom. The molecule has 9 nitrogen and oxygen atoms in total. The number of nitrogens with two attached hydrogens (primary N) is 1. The second kappa shape index (κ2) is 9.29. The van der Waals surface area contributed by atoms with Crippen LogP contribution < -0.4 is 16.5 Å². The molecule has 0 spiro atoms. The third-order valence-corrected chi connectivity index (χ3v) is 6.49. The largest absolute Gasteiger partial charge is 0.458 e. The molecule has 3 aromatic carbocycles. The van der Waals surface area contributed by atoms with E-state index in [0.29, 0.717) is 39.2 Å². The standard InChI is InChI=1S/C29H23N7O2/c1-16(27-23(17-7-3-2-4-8-17)26(37)20-9-5-6-10-22(20)38-27)35-29-24(28(31)32-15-33-29)25(30)18-11-12-19-14-34-36-21(19)13-18/h2-16,30H,1H3,(H,34,36)(H3,31,32,33,35). The third kappa shape index (κ3) is 3.96. The molecule has 0 amide bonds. The molecule has 6 rings (SSSR count). The average Bonchev–Trinajstić information content (AvgIpc) is 3.41. The van der Waals surface area contributed by atoms with Gasteiger partial charge < -0.3 is 15.5 Å². The number of fused-ring (bicyclic) bond motifs is 2. The second-order valence-corrected chi connectivity index (χ2v) is 8.93. The van der Waals surface area contributed by atoms with Gasteiger partial charge in [-0.25, -0.2) is 9.97 Å². The molecule has 5 N–H and O–H groups in total. The number of hydrogen-bond acceptors (Lipinski definition) is 8. The Morgan fingerprint density at radius 2 is 1.84 bits per heavy atom. The monoisotopic (exact) mass is 501 g/mol. The number of hydrogen-bond donors (Lipinski definition) is 4. The predicted molar refractivity (Wildman–Crippen MR) is 148 cm³/mol. The molecule has 38 heavy (non-hydrogen) atoms. The Morgan fingerprint density at radius 1 is 1.05 bits per heavy atom. The molecule has 0 bridgehead atoms. The predicted octanol–water partition coefficient (Wildman–Crippen LogP) is 5.30. The fourth-order valence-electron chi connectivity index (χ4n) is 4.60. The average molecular weight is 502 g/mol. The van der Waals surface area contributed by atoms with Gasteiger partial charge in [0.05, 0.1) is 40.0 Å². The summed E-state index contributed by atoms with van der Waals surface area (Å²) in [6.07, 6.45) is 3.06. The second-order valence-electron chi connectivity index (χ2n) is 8.93. The van der Waals surface area contributed by atoms with Gasteiger partial charge in [-0.3, -0.25) is 15.3 Å². The van der Waals surface area contributed by atoms with E-state index in [1.165, 1.54) is 6.33 Å². The van der Waals surface area contributed by atoms with Gasteiger partial charge in [0.2, 0.25) is 5.43 Å². The summed E-state index contributed by atoms with van der Waals surface area (Å²) in [6, 6.07) is 21.7. The topological polar surface area (TPSA) is 147 Å². The van der Waals surface area contributed by atoms with Crippen molar-refractivity contribution in [3.8, 4) is 11.1 Å². The minimum atomic E-state index is -0.501. The van der Waals surface area contributed by atoms with Gasteiger partial charge in [-0.15, -0.1) is 0 Å². The zero-order chi connectivity index (χ0) is 26.2. The molecule has 0 fully saturated rings. The number of aromatic nitrogens is 4. The third-order valence-electron chi connectivity index (χ3n) is 6.49. The van der Waals surface area contributed by atoms with Gasteiger partial charge in [-0.05, 0) is 30.7 Å². The van der Waals surface area contributed by atoms with E-state index in [1.54, 1.807) is 18.3 Å². The fourth-order valence-corrected chi connectivity index (χ4v) is 4.60. The molecule has 0 aliphatic heterocycles. The minimum absolute atomic E-state index is 0.121. The molecule has 6 aromatic rings. The lowest BCUT2D eigenvalue weighted by atomic mass is 9.98. The van der Waals surface area contributed by atoms with Crippen molar-refractivity contribution in [3.05, 3.63) is 112 Å². The molecular weight excluding hydrogens is 478 g/mol. The molecule has 1 unspecified atom stereocenters. The quantitative estimate of drug-likeness (QED) is 0.227. The lowest BCUT2D eigenvalue weighted by Gasteiger charge is -2.20. The van der Waals surface area contributed by atoms with Gasteiger partial charge >= 0.3 is 0 Å². The lowest BCUT2D eigenvalue weighted by molar-refractivity contribution is 0.515. The number of benzene rings is 3. The van der Waals surface area contributed by atoms with Crippen molar-refractivity contribution in [3.63, 3.8) is 0 Å². The van der Waals surface area contributed by atoms with Crippen LogP contribution in [0.3, 0.4) is 0 Å². The van der Waals surface area contributed by atoms with Gasteiger partial charge in [-0.2, -0.15) is 5.10 Å². The number of anilines is 2. The van der Waals surface area contributed by atoms with Crippen LogP contribution in [0, 0.1) is 5.41 Å². The SMILES string of the molecule is CC(Nc1ncnc(N)c1C(=N)c1ccc2cn[nH]c2c1)c1oc2ccccc2c(=O)c1-c1ccccc1. The molecule has 0 radical (unpaired) electrons. The van der Waals surface area contributed by atoms with Crippen molar-refractivity contribution in [2.75, 3.05) is 11.1 Å². The molecule has 0 saturated carbocycles. The Kier molecular flexibility index (Phi) is 5.65. The zero-order valence-corrected chi connectivity index (χ0v) is 20.4. The summed E-state index contributed by atoms with van der Waals surface area (Å²) < 4.78 is 6.31. The highest BCUT2D eigenvalue weighted by molar-refractivity contribution is 6.17. The van der Waals surface area contributed by atoms with Crippen LogP contribution in [-0.4, -0.2) is 25.9 Å². The van der Waals surface area contributed by atoms with Crippen LogP contribution in [0.15, 0.2) is 94.5 Å². The van der Waals surface area contributed by atoms with Gasteiger partial charge in [0.15, 0.2) is 0 Å². The van der Waals surface area contributed by atoms with E-state index in [1.807, 2.05) is 67.6 Å². The Bertz CT molecular complexity index is 1880. The molecule has 9 heteroatoms. The maximum absolute atomic E-state index is 13.6. The highest BCUT2D eigenvalue weighted by atomic mass is 16.3. The fraction of sp³-hybridized carbons (Fsp3) is 0.0690. The molecule has 0 aliphatic carbocycles. The highest BCUT2D eigenvalue weighted by Gasteiger charge is 2.24. The number of nitrogens with one attached hydrogen (secondary N) is 3. The zero-order valence-electron chi connectivity index (χ0n) is 20.4. The Balaban J connectivity index is 1.45. The van der Waals surface area contributed by atoms with Gasteiger partial charge in [0.1, 0.15) is 29.3 Å². The molecule has 0 aliphatic rings. The van der Waals surface area contributed by atoms with Crippen molar-refractivity contribution in [1.82, 2.24) is 20.2 Å². The van der Waals surface area contributed by atoms with Crippen LogP contribution >= 0.6 is 0 Å². The summed E-state index contributed by atoms with van der Waals surface area (Å²) in [5, 5.41) is 20.7. The summed E-state index contributed by atoms with van der Waals surface area (Å²) in [4.78, 5) is 22.2. The van der Waals surface area contributed by atoms with Crippen molar-refractivity contribution in [1.29, 1.82) is 5.41 Å². The normalized spacial score (nSPS) is 12.0. The first-order chi connectivity index (χ1) is 18.5. The minimum Gasteiger partial charge on any atom is -0.458 e. The van der Waals surface area contributed by atoms with Crippen LogP contribution in [0.4, 0.5) is 11.6 Å². The molecule has 186 valence electrons. The number of nitrogens with zero attached hydrogens (tertiary/aromatic N) is 3. The van der Waals surface area contributed by atoms with Crippen molar-refractivity contribution >= 4 is 39.2 Å². The highest BCUT2D eigenvalue weighted by Crippen LogP contribution is 2.32. The van der Waals surface area contributed by atoms with E-state index in [9.17, 15) is 4.79 Å². The number of para-hydroxylation sites is 1. The summed E-state index contributed by atoms with van der Waals surface area (Å²) in [5.74, 6) is 0.968. The number of aromatic amines is 1. The van der Waals surface area contributed by atoms with Crippen molar-refractivity contribution in [2.24, 2.45) is 0 Å². The Hall–Kier alpha value is -5.31. The van der Waals surface area contributed by atoms with Crippen LogP contribution in [0.25, 0.3) is 33.0 Å². The first-order valence-electron chi connectivity index (χ1n) is 12.0. The summed E-state index contributed by atoms with van der Waals surface area (Å²) in [5.41, 5.74) is 9.77. The first kappa shape index (κ1) is 23.1.